The van der Waals surface area contributed by atoms with Crippen LogP contribution in [0.3, 0.4) is 0 Å². The van der Waals surface area contributed by atoms with Crippen LogP contribution in [0, 0.1) is 20.2 Å². The molecule has 170 valence electrons. The zero-order valence-corrected chi connectivity index (χ0v) is 17.5. The molecule has 33 heavy (non-hydrogen) atoms. The van der Waals surface area contributed by atoms with Crippen molar-refractivity contribution in [2.45, 2.75) is 4.90 Å². The van der Waals surface area contributed by atoms with Crippen molar-refractivity contribution in [1.82, 2.24) is 9.97 Å². The summed E-state index contributed by atoms with van der Waals surface area (Å²) in [5, 5.41) is 24.4. The first-order valence-electron chi connectivity index (χ1n) is 8.84. The Kier molecular flexibility index (Phi) is 6.43. The topological polar surface area (TPSA) is 197 Å². The monoisotopic (exact) mass is 474 g/mol. The minimum atomic E-state index is -4.07. The number of methoxy groups -OCH3 is 1. The summed E-state index contributed by atoms with van der Waals surface area (Å²) in [5.74, 6) is -1.01. The van der Waals surface area contributed by atoms with Crippen LogP contribution in [0.15, 0.2) is 59.8 Å². The van der Waals surface area contributed by atoms with E-state index in [9.17, 15) is 33.4 Å². The lowest BCUT2D eigenvalue weighted by molar-refractivity contribution is -0.394. The van der Waals surface area contributed by atoms with Crippen molar-refractivity contribution in [3.8, 4) is 5.88 Å². The SMILES string of the molecule is COc1nccnc1NS(=O)(=O)c1ccc(NC(=O)c2cc([N+](=O)[O-])cc([N+](=O)[O-])c2)cc1. The number of non-ortho nitro benzene ring substituents is 2. The molecule has 0 aliphatic rings. The molecule has 0 fully saturated rings. The van der Waals surface area contributed by atoms with Crippen LogP contribution in [-0.4, -0.2) is 41.2 Å². The van der Waals surface area contributed by atoms with Gasteiger partial charge in [-0.3, -0.25) is 29.7 Å². The molecule has 0 aliphatic carbocycles. The first kappa shape index (κ1) is 23.0. The number of nitro benzene ring substituents is 2. The van der Waals surface area contributed by atoms with Gasteiger partial charge < -0.3 is 10.1 Å². The molecule has 1 aromatic heterocycles. The number of ether oxygens (including phenoxy) is 1. The van der Waals surface area contributed by atoms with Gasteiger partial charge in [0.1, 0.15) is 0 Å². The van der Waals surface area contributed by atoms with Crippen LogP contribution in [0.25, 0.3) is 0 Å². The van der Waals surface area contributed by atoms with Gasteiger partial charge in [0.2, 0.25) is 5.82 Å². The van der Waals surface area contributed by atoms with Gasteiger partial charge in [-0.1, -0.05) is 0 Å². The van der Waals surface area contributed by atoms with E-state index in [4.69, 9.17) is 4.74 Å². The standard InChI is InChI=1S/C18H14N6O8S/c1-32-18-16(19-6-7-20-18)22-33(30,31)15-4-2-12(3-5-15)21-17(25)11-8-13(23(26)27)10-14(9-11)24(28)29/h2-10H,1H3,(H,19,22)(H,21,25). The summed E-state index contributed by atoms with van der Waals surface area (Å²) in [6.07, 6.45) is 2.60. The first-order valence-corrected chi connectivity index (χ1v) is 10.3. The smallest absolute Gasteiger partial charge is 0.277 e. The second-order valence-electron chi connectivity index (χ2n) is 6.25. The molecular weight excluding hydrogens is 460 g/mol. The number of rotatable bonds is 8. The molecule has 0 atom stereocenters. The fourth-order valence-corrected chi connectivity index (χ4v) is 3.60. The highest BCUT2D eigenvalue weighted by molar-refractivity contribution is 7.92. The van der Waals surface area contributed by atoms with Crippen molar-refractivity contribution < 1.29 is 27.8 Å². The Hall–Kier alpha value is -4.66. The van der Waals surface area contributed by atoms with Crippen molar-refractivity contribution in [2.24, 2.45) is 0 Å². The van der Waals surface area contributed by atoms with Crippen LogP contribution in [-0.2, 0) is 10.0 Å². The minimum absolute atomic E-state index is 0.0315. The number of aromatic nitrogens is 2. The molecule has 1 heterocycles. The fraction of sp³-hybridized carbons (Fsp3) is 0.0556. The lowest BCUT2D eigenvalue weighted by Crippen LogP contribution is -2.16. The maximum absolute atomic E-state index is 12.6. The van der Waals surface area contributed by atoms with Gasteiger partial charge in [-0.25, -0.2) is 18.4 Å². The number of nitrogens with one attached hydrogen (secondary N) is 2. The average Bonchev–Trinajstić information content (AvgIpc) is 2.79. The molecule has 2 aromatic carbocycles. The molecule has 0 bridgehead atoms. The summed E-state index contributed by atoms with van der Waals surface area (Å²) in [7, 11) is -2.77. The van der Waals surface area contributed by atoms with E-state index in [1.807, 2.05) is 0 Å². The van der Waals surface area contributed by atoms with E-state index >= 15 is 0 Å². The maximum Gasteiger partial charge on any atom is 0.277 e. The number of nitrogens with zero attached hydrogens (tertiary/aromatic N) is 4. The Morgan fingerprint density at radius 2 is 1.55 bits per heavy atom. The summed E-state index contributed by atoms with van der Waals surface area (Å²) in [5.41, 5.74) is -1.42. The number of hydrogen-bond donors (Lipinski definition) is 2. The molecule has 0 radical (unpaired) electrons. The Morgan fingerprint density at radius 1 is 0.970 bits per heavy atom. The Morgan fingerprint density at radius 3 is 2.09 bits per heavy atom. The van der Waals surface area contributed by atoms with Crippen molar-refractivity contribution >= 4 is 38.8 Å². The highest BCUT2D eigenvalue weighted by Gasteiger charge is 2.21. The van der Waals surface area contributed by atoms with E-state index in [0.717, 1.165) is 18.2 Å². The third-order valence-corrected chi connectivity index (χ3v) is 5.45. The average molecular weight is 474 g/mol. The van der Waals surface area contributed by atoms with Gasteiger partial charge >= 0.3 is 0 Å². The third-order valence-electron chi connectivity index (χ3n) is 4.10. The minimum Gasteiger partial charge on any atom is -0.478 e. The Labute approximate surface area is 185 Å². The molecule has 3 aromatic rings. The number of anilines is 2. The predicted molar refractivity (Wildman–Crippen MR) is 114 cm³/mol. The van der Waals surface area contributed by atoms with Gasteiger partial charge in [0.25, 0.3) is 33.2 Å². The van der Waals surface area contributed by atoms with Gasteiger partial charge in [0.15, 0.2) is 0 Å². The molecule has 3 rings (SSSR count). The predicted octanol–water partition coefficient (Wildman–Crippen LogP) is 2.35. The zero-order chi connectivity index (χ0) is 24.2. The quantitative estimate of drug-likeness (QED) is 0.361. The van der Waals surface area contributed by atoms with E-state index in [0.29, 0.717) is 0 Å². The number of carbonyl (C=O) groups excluding carboxylic acids is 1. The van der Waals surface area contributed by atoms with E-state index in [-0.39, 0.29) is 27.8 Å². The number of carbonyl (C=O) groups is 1. The normalized spacial score (nSPS) is 10.8. The molecule has 0 saturated heterocycles. The highest BCUT2D eigenvalue weighted by Crippen LogP contribution is 2.25. The second kappa shape index (κ2) is 9.23. The summed E-state index contributed by atoms with van der Waals surface area (Å²) < 4.78 is 32.3. The van der Waals surface area contributed by atoms with Crippen molar-refractivity contribution in [3.05, 3.63) is 80.7 Å². The fourth-order valence-electron chi connectivity index (χ4n) is 2.59. The van der Waals surface area contributed by atoms with E-state index < -0.39 is 37.2 Å². The molecule has 2 N–H and O–H groups in total. The third kappa shape index (κ3) is 5.34. The second-order valence-corrected chi connectivity index (χ2v) is 7.93. The number of hydrogen-bond acceptors (Lipinski definition) is 10. The number of sulfonamides is 1. The number of benzene rings is 2. The lowest BCUT2D eigenvalue weighted by Gasteiger charge is -2.10. The van der Waals surface area contributed by atoms with Gasteiger partial charge in [-0.15, -0.1) is 0 Å². The lowest BCUT2D eigenvalue weighted by atomic mass is 10.1. The van der Waals surface area contributed by atoms with Crippen LogP contribution in [0.4, 0.5) is 22.9 Å². The summed E-state index contributed by atoms with van der Waals surface area (Å²) in [6, 6.07) is 7.43. The van der Waals surface area contributed by atoms with Gasteiger partial charge in [-0.05, 0) is 24.3 Å². The van der Waals surface area contributed by atoms with Gasteiger partial charge in [0.05, 0.1) is 33.5 Å². The van der Waals surface area contributed by atoms with Crippen LogP contribution in [0.1, 0.15) is 10.4 Å². The largest absolute Gasteiger partial charge is 0.478 e. The van der Waals surface area contributed by atoms with Crippen molar-refractivity contribution in [1.29, 1.82) is 0 Å². The van der Waals surface area contributed by atoms with Crippen LogP contribution >= 0.6 is 0 Å². The van der Waals surface area contributed by atoms with Crippen LogP contribution in [0.2, 0.25) is 0 Å². The van der Waals surface area contributed by atoms with E-state index in [1.165, 1.54) is 43.8 Å². The Bertz CT molecular complexity index is 1310. The zero-order valence-electron chi connectivity index (χ0n) is 16.7. The highest BCUT2D eigenvalue weighted by atomic mass is 32.2. The summed E-state index contributed by atoms with van der Waals surface area (Å²) in [4.78, 5) is 40.2. The molecule has 0 aliphatic heterocycles. The van der Waals surface area contributed by atoms with Gasteiger partial charge in [0, 0.05) is 30.2 Å². The Balaban J connectivity index is 1.80. The number of amides is 1. The molecule has 0 saturated carbocycles. The van der Waals surface area contributed by atoms with Gasteiger partial charge in [-0.2, -0.15) is 0 Å². The van der Waals surface area contributed by atoms with Crippen molar-refractivity contribution in [3.63, 3.8) is 0 Å². The molecule has 0 unspecified atom stereocenters. The first-order chi connectivity index (χ1) is 15.6. The molecular formula is C18H14N6O8S. The van der Waals surface area contributed by atoms with Crippen LogP contribution in [0.5, 0.6) is 5.88 Å². The summed E-state index contributed by atoms with van der Waals surface area (Å²) in [6.45, 7) is 0. The van der Waals surface area contributed by atoms with E-state index in [2.05, 4.69) is 20.0 Å². The maximum atomic E-state index is 12.6. The molecule has 1 amide bonds. The molecule has 15 heteroatoms. The van der Waals surface area contributed by atoms with E-state index in [1.54, 1.807) is 0 Å². The van der Waals surface area contributed by atoms with Crippen LogP contribution < -0.4 is 14.8 Å². The number of nitro groups is 2. The van der Waals surface area contributed by atoms with Crippen molar-refractivity contribution in [2.75, 3.05) is 17.1 Å². The molecule has 14 nitrogen and oxygen atoms in total. The summed E-state index contributed by atoms with van der Waals surface area (Å²) >= 11 is 0. The molecule has 0 spiro atoms.